The number of ether oxygens (including phenoxy) is 1. The Morgan fingerprint density at radius 3 is 2.42 bits per heavy atom. The fourth-order valence-corrected chi connectivity index (χ4v) is 4.61. The van der Waals surface area contributed by atoms with Crippen LogP contribution in [0, 0.1) is 18.6 Å². The molecule has 5 rings (SSSR count). The number of rotatable bonds is 5. The zero-order chi connectivity index (χ0) is 27.0. The number of aryl methyl sites for hydroxylation is 1. The van der Waals surface area contributed by atoms with Crippen molar-refractivity contribution in [1.29, 1.82) is 0 Å². The number of aromatic nitrogens is 3. The molecule has 0 bridgehead atoms. The third kappa shape index (κ3) is 4.51. The van der Waals surface area contributed by atoms with Gasteiger partial charge in [0.25, 0.3) is 5.91 Å². The van der Waals surface area contributed by atoms with Gasteiger partial charge in [0.15, 0.2) is 23.0 Å². The molecule has 2 aromatic heterocycles. The highest BCUT2D eigenvalue weighted by molar-refractivity contribution is 5.96. The largest absolute Gasteiger partial charge is 0.494 e. The zero-order valence-corrected chi connectivity index (χ0v) is 21.2. The van der Waals surface area contributed by atoms with E-state index in [0.717, 1.165) is 5.56 Å². The molecule has 0 unspecified atom stereocenters. The standard InChI is InChI=1S/C27H26F2N6O3/c1-16-14-18(4-5-19(16)27(37)34-12-10-33(11-13-34)17(2)36)32-25-26-31-15-21(35(26)9-8-30-25)20-6-7-22(38-3)24(29)23(20)28/h4-9,14-15H,10-13H2,1-3H3,(H,30,32). The predicted molar refractivity (Wildman–Crippen MR) is 138 cm³/mol. The van der Waals surface area contributed by atoms with E-state index >= 15 is 0 Å². The third-order valence-electron chi connectivity index (χ3n) is 6.70. The molecule has 1 N–H and O–H groups in total. The molecule has 0 spiro atoms. The number of carbonyl (C=O) groups excluding carboxylic acids is 2. The quantitative estimate of drug-likeness (QED) is 0.427. The first-order chi connectivity index (χ1) is 18.3. The summed E-state index contributed by atoms with van der Waals surface area (Å²) in [6.07, 6.45) is 4.60. The minimum Gasteiger partial charge on any atom is -0.494 e. The van der Waals surface area contributed by atoms with Crippen LogP contribution in [0.4, 0.5) is 20.3 Å². The Balaban J connectivity index is 1.38. The minimum atomic E-state index is -1.07. The summed E-state index contributed by atoms with van der Waals surface area (Å²) in [5.74, 6) is -1.94. The molecule has 11 heteroatoms. The molecular weight excluding hydrogens is 494 g/mol. The summed E-state index contributed by atoms with van der Waals surface area (Å²) in [4.78, 5) is 36.9. The van der Waals surface area contributed by atoms with Crippen molar-refractivity contribution >= 4 is 29.0 Å². The van der Waals surface area contributed by atoms with Crippen LogP contribution in [-0.4, -0.2) is 69.3 Å². The first-order valence-corrected chi connectivity index (χ1v) is 12.1. The average molecular weight is 521 g/mol. The summed E-state index contributed by atoms with van der Waals surface area (Å²) < 4.78 is 35.5. The van der Waals surface area contributed by atoms with E-state index in [1.807, 2.05) is 13.0 Å². The molecule has 4 aromatic rings. The number of anilines is 2. The molecule has 9 nitrogen and oxygen atoms in total. The Hall–Kier alpha value is -4.54. The van der Waals surface area contributed by atoms with Gasteiger partial charge in [-0.2, -0.15) is 4.39 Å². The van der Waals surface area contributed by atoms with Crippen molar-refractivity contribution in [3.8, 4) is 17.0 Å². The van der Waals surface area contributed by atoms with E-state index in [-0.39, 0.29) is 23.1 Å². The number of carbonyl (C=O) groups is 2. The monoisotopic (exact) mass is 520 g/mol. The SMILES string of the molecule is COc1ccc(-c2cnc3c(Nc4ccc(C(=O)N5CCN(C(C)=O)CC5)c(C)c4)nccn23)c(F)c1F. The van der Waals surface area contributed by atoms with Crippen molar-refractivity contribution in [2.24, 2.45) is 0 Å². The molecule has 1 aliphatic rings. The fourth-order valence-electron chi connectivity index (χ4n) is 4.61. The van der Waals surface area contributed by atoms with Gasteiger partial charge in [0.1, 0.15) is 0 Å². The first-order valence-electron chi connectivity index (χ1n) is 12.1. The number of nitrogens with zero attached hydrogens (tertiary/aromatic N) is 5. The molecule has 1 saturated heterocycles. The van der Waals surface area contributed by atoms with E-state index in [9.17, 15) is 18.4 Å². The van der Waals surface area contributed by atoms with E-state index in [1.54, 1.807) is 32.5 Å². The van der Waals surface area contributed by atoms with Crippen LogP contribution in [0.5, 0.6) is 5.75 Å². The van der Waals surface area contributed by atoms with Crippen LogP contribution in [0.15, 0.2) is 48.9 Å². The Kier molecular flexibility index (Phi) is 6.66. The lowest BCUT2D eigenvalue weighted by molar-refractivity contribution is -0.130. The lowest BCUT2D eigenvalue weighted by Gasteiger charge is -2.34. The second-order valence-electron chi connectivity index (χ2n) is 9.01. The van der Waals surface area contributed by atoms with Crippen LogP contribution in [0.2, 0.25) is 0 Å². The summed E-state index contributed by atoms with van der Waals surface area (Å²) >= 11 is 0. The summed E-state index contributed by atoms with van der Waals surface area (Å²) in [6.45, 7) is 5.41. The lowest BCUT2D eigenvalue weighted by Crippen LogP contribution is -2.50. The molecule has 2 amide bonds. The molecule has 38 heavy (non-hydrogen) atoms. The molecule has 1 fully saturated rings. The highest BCUT2D eigenvalue weighted by Crippen LogP contribution is 2.31. The molecule has 0 aliphatic carbocycles. The number of nitrogens with one attached hydrogen (secondary N) is 1. The molecule has 1 aliphatic heterocycles. The lowest BCUT2D eigenvalue weighted by atomic mass is 10.1. The zero-order valence-electron chi connectivity index (χ0n) is 21.2. The van der Waals surface area contributed by atoms with E-state index < -0.39 is 11.6 Å². The maximum atomic E-state index is 14.7. The number of imidazole rings is 1. The van der Waals surface area contributed by atoms with Gasteiger partial charge in [-0.05, 0) is 42.8 Å². The number of benzene rings is 2. The van der Waals surface area contributed by atoms with Crippen molar-refractivity contribution in [2.45, 2.75) is 13.8 Å². The second kappa shape index (κ2) is 10.1. The molecule has 0 saturated carbocycles. The van der Waals surface area contributed by atoms with Crippen molar-refractivity contribution in [3.63, 3.8) is 0 Å². The van der Waals surface area contributed by atoms with E-state index in [2.05, 4.69) is 15.3 Å². The first kappa shape index (κ1) is 25.1. The third-order valence-corrected chi connectivity index (χ3v) is 6.70. The fraction of sp³-hybridized carbons (Fsp3) is 0.259. The molecule has 0 atom stereocenters. The average Bonchev–Trinajstić information content (AvgIpc) is 3.35. The Morgan fingerprint density at radius 2 is 1.74 bits per heavy atom. The summed E-state index contributed by atoms with van der Waals surface area (Å²) in [7, 11) is 1.27. The van der Waals surface area contributed by atoms with Gasteiger partial charge >= 0.3 is 0 Å². The molecule has 2 aromatic carbocycles. The van der Waals surface area contributed by atoms with Crippen molar-refractivity contribution < 1.29 is 23.1 Å². The minimum absolute atomic E-state index is 0.0122. The number of hydrogen-bond acceptors (Lipinski definition) is 6. The number of hydrogen-bond donors (Lipinski definition) is 1. The molecule has 3 heterocycles. The van der Waals surface area contributed by atoms with Crippen LogP contribution >= 0.6 is 0 Å². The number of methoxy groups -OCH3 is 1. The second-order valence-corrected chi connectivity index (χ2v) is 9.01. The predicted octanol–water partition coefficient (Wildman–Crippen LogP) is 4.04. The van der Waals surface area contributed by atoms with Crippen LogP contribution in [0.3, 0.4) is 0 Å². The van der Waals surface area contributed by atoms with E-state index in [1.165, 1.54) is 38.6 Å². The van der Waals surface area contributed by atoms with Gasteiger partial charge in [-0.1, -0.05) is 0 Å². The number of piperazine rings is 1. The Labute approximate surface area is 217 Å². The normalized spacial score (nSPS) is 13.6. The summed E-state index contributed by atoms with van der Waals surface area (Å²) in [5.41, 5.74) is 2.85. The number of amides is 2. The molecule has 0 radical (unpaired) electrons. The topological polar surface area (TPSA) is 92.1 Å². The van der Waals surface area contributed by atoms with Gasteiger partial charge < -0.3 is 19.9 Å². The van der Waals surface area contributed by atoms with Crippen LogP contribution in [0.1, 0.15) is 22.8 Å². The van der Waals surface area contributed by atoms with Gasteiger partial charge in [0, 0.05) is 62.3 Å². The van der Waals surface area contributed by atoms with Crippen LogP contribution in [-0.2, 0) is 4.79 Å². The van der Waals surface area contributed by atoms with Crippen molar-refractivity contribution in [1.82, 2.24) is 24.2 Å². The molecule has 196 valence electrons. The van der Waals surface area contributed by atoms with Gasteiger partial charge in [-0.15, -0.1) is 0 Å². The number of fused-ring (bicyclic) bond motifs is 1. The summed E-state index contributed by atoms with van der Waals surface area (Å²) in [6, 6.07) is 8.17. The van der Waals surface area contributed by atoms with E-state index in [4.69, 9.17) is 4.74 Å². The smallest absolute Gasteiger partial charge is 0.254 e. The maximum Gasteiger partial charge on any atom is 0.254 e. The van der Waals surface area contributed by atoms with E-state index in [0.29, 0.717) is 54.6 Å². The maximum absolute atomic E-state index is 14.7. The Bertz CT molecular complexity index is 1550. The van der Waals surface area contributed by atoms with Crippen molar-refractivity contribution in [3.05, 3.63) is 71.7 Å². The Morgan fingerprint density at radius 1 is 1.00 bits per heavy atom. The number of halogens is 2. The highest BCUT2D eigenvalue weighted by atomic mass is 19.2. The molecular formula is C27H26F2N6O3. The van der Waals surface area contributed by atoms with Crippen LogP contribution < -0.4 is 10.1 Å². The van der Waals surface area contributed by atoms with Gasteiger partial charge in [0.2, 0.25) is 11.7 Å². The van der Waals surface area contributed by atoms with Crippen LogP contribution in [0.25, 0.3) is 16.9 Å². The van der Waals surface area contributed by atoms with Crippen molar-refractivity contribution in [2.75, 3.05) is 38.6 Å². The van der Waals surface area contributed by atoms with Gasteiger partial charge in [0.05, 0.1) is 19.0 Å². The van der Waals surface area contributed by atoms with Gasteiger partial charge in [-0.25, -0.2) is 14.4 Å². The summed E-state index contributed by atoms with van der Waals surface area (Å²) in [5, 5.41) is 3.21. The highest BCUT2D eigenvalue weighted by Gasteiger charge is 2.24. The van der Waals surface area contributed by atoms with Gasteiger partial charge in [-0.3, -0.25) is 14.0 Å².